The topological polar surface area (TPSA) is 90.6 Å². The molecule has 0 atom stereocenters. The molecule has 5 aromatic rings. The van der Waals surface area contributed by atoms with Gasteiger partial charge in [-0.05, 0) is 37.3 Å². The molecule has 8 heteroatoms. The minimum Gasteiger partial charge on any atom is -0.493 e. The number of hydrogen-bond donors (Lipinski definition) is 1. The van der Waals surface area contributed by atoms with E-state index in [1.165, 1.54) is 0 Å². The third-order valence-corrected chi connectivity index (χ3v) is 5.43. The molecule has 0 fully saturated rings. The predicted molar refractivity (Wildman–Crippen MR) is 126 cm³/mol. The van der Waals surface area contributed by atoms with Crippen molar-refractivity contribution in [3.63, 3.8) is 0 Å². The van der Waals surface area contributed by atoms with E-state index in [9.17, 15) is 4.79 Å². The molecule has 0 radical (unpaired) electrons. The lowest BCUT2D eigenvalue weighted by Crippen LogP contribution is -2.05. The van der Waals surface area contributed by atoms with Crippen LogP contribution in [0.5, 0.6) is 11.5 Å². The number of ether oxygens (including phenoxy) is 2. The van der Waals surface area contributed by atoms with Gasteiger partial charge in [0.15, 0.2) is 23.1 Å². The summed E-state index contributed by atoms with van der Waals surface area (Å²) in [6.45, 7) is 1.87. The van der Waals surface area contributed by atoms with Crippen LogP contribution in [0.1, 0.15) is 21.7 Å². The van der Waals surface area contributed by atoms with Gasteiger partial charge in [0.1, 0.15) is 5.82 Å². The van der Waals surface area contributed by atoms with Gasteiger partial charge in [-0.15, -0.1) is 10.2 Å². The SMILES string of the molecule is COc1ccc(Nc2nc3ccc(C(=O)c4ccccc4)cc3n3c(C)nnc23)cc1OC. The molecular formula is C25H21N5O3. The van der Waals surface area contributed by atoms with Gasteiger partial charge in [0, 0.05) is 22.9 Å². The van der Waals surface area contributed by atoms with Crippen LogP contribution < -0.4 is 14.8 Å². The highest BCUT2D eigenvalue weighted by Gasteiger charge is 2.17. The molecule has 0 aliphatic rings. The zero-order chi connectivity index (χ0) is 22.9. The van der Waals surface area contributed by atoms with E-state index in [-0.39, 0.29) is 5.78 Å². The number of benzene rings is 3. The van der Waals surface area contributed by atoms with Gasteiger partial charge in [-0.25, -0.2) is 4.98 Å². The largest absolute Gasteiger partial charge is 0.493 e. The Balaban J connectivity index is 1.61. The second kappa shape index (κ2) is 8.23. The molecule has 0 aliphatic carbocycles. The molecule has 1 N–H and O–H groups in total. The van der Waals surface area contributed by atoms with Crippen LogP contribution in [0.3, 0.4) is 0 Å². The molecule has 0 saturated carbocycles. The summed E-state index contributed by atoms with van der Waals surface area (Å²) < 4.78 is 12.6. The number of nitrogens with zero attached hydrogens (tertiary/aromatic N) is 4. The van der Waals surface area contributed by atoms with Gasteiger partial charge < -0.3 is 14.8 Å². The fraction of sp³-hybridized carbons (Fsp3) is 0.120. The Labute approximate surface area is 189 Å². The first-order valence-electron chi connectivity index (χ1n) is 10.3. The van der Waals surface area contributed by atoms with Gasteiger partial charge >= 0.3 is 0 Å². The van der Waals surface area contributed by atoms with Crippen molar-refractivity contribution in [2.45, 2.75) is 6.92 Å². The first-order valence-corrected chi connectivity index (χ1v) is 10.3. The highest BCUT2D eigenvalue weighted by atomic mass is 16.5. The number of rotatable bonds is 6. The molecule has 5 rings (SSSR count). The molecule has 33 heavy (non-hydrogen) atoms. The average Bonchev–Trinajstić information content (AvgIpc) is 3.26. The lowest BCUT2D eigenvalue weighted by Gasteiger charge is -2.13. The van der Waals surface area contributed by atoms with E-state index in [1.54, 1.807) is 32.4 Å². The molecule has 2 heterocycles. The van der Waals surface area contributed by atoms with Gasteiger partial charge in [0.25, 0.3) is 0 Å². The number of hydrogen-bond acceptors (Lipinski definition) is 7. The van der Waals surface area contributed by atoms with Crippen LogP contribution in [-0.4, -0.2) is 39.6 Å². The molecule has 0 unspecified atom stereocenters. The highest BCUT2D eigenvalue weighted by Crippen LogP contribution is 2.32. The summed E-state index contributed by atoms with van der Waals surface area (Å²) in [5.74, 6) is 2.41. The van der Waals surface area contributed by atoms with Crippen LogP contribution in [-0.2, 0) is 0 Å². The van der Waals surface area contributed by atoms with Crippen LogP contribution in [0.2, 0.25) is 0 Å². The maximum absolute atomic E-state index is 13.0. The maximum Gasteiger partial charge on any atom is 0.204 e. The number of ketones is 1. The van der Waals surface area contributed by atoms with E-state index in [0.717, 1.165) is 11.2 Å². The summed E-state index contributed by atoms with van der Waals surface area (Å²) in [6, 6.07) is 20.2. The normalized spacial score (nSPS) is 11.0. The highest BCUT2D eigenvalue weighted by molar-refractivity contribution is 6.10. The average molecular weight is 439 g/mol. The first kappa shape index (κ1) is 20.4. The third kappa shape index (κ3) is 3.61. The minimum absolute atomic E-state index is 0.0519. The van der Waals surface area contributed by atoms with Crippen LogP contribution >= 0.6 is 0 Å². The summed E-state index contributed by atoms with van der Waals surface area (Å²) in [7, 11) is 3.18. The Morgan fingerprint density at radius 2 is 1.67 bits per heavy atom. The number of methoxy groups -OCH3 is 2. The monoisotopic (exact) mass is 439 g/mol. The summed E-state index contributed by atoms with van der Waals surface area (Å²) in [6.07, 6.45) is 0. The van der Waals surface area contributed by atoms with Crippen molar-refractivity contribution >= 4 is 34.0 Å². The maximum atomic E-state index is 13.0. The molecule has 8 nitrogen and oxygen atoms in total. The van der Waals surface area contributed by atoms with Gasteiger partial charge in [0.2, 0.25) is 5.65 Å². The van der Waals surface area contributed by atoms with E-state index < -0.39 is 0 Å². The third-order valence-electron chi connectivity index (χ3n) is 5.43. The predicted octanol–water partition coefficient (Wildman–Crippen LogP) is 4.58. The number of aryl methyl sites for hydroxylation is 1. The van der Waals surface area contributed by atoms with Gasteiger partial charge in [-0.3, -0.25) is 9.20 Å². The Morgan fingerprint density at radius 1 is 0.879 bits per heavy atom. The van der Waals surface area contributed by atoms with E-state index in [4.69, 9.17) is 14.5 Å². The number of aromatic nitrogens is 4. The minimum atomic E-state index is -0.0519. The number of anilines is 2. The number of fused-ring (bicyclic) bond motifs is 3. The van der Waals surface area contributed by atoms with Crippen molar-refractivity contribution in [2.75, 3.05) is 19.5 Å². The lowest BCUT2D eigenvalue weighted by molar-refractivity contribution is 0.103. The number of carbonyl (C=O) groups excluding carboxylic acids is 1. The van der Waals surface area contributed by atoms with Crippen molar-refractivity contribution in [1.29, 1.82) is 0 Å². The number of carbonyl (C=O) groups is 1. The Morgan fingerprint density at radius 3 is 2.42 bits per heavy atom. The molecule has 2 aromatic heterocycles. The van der Waals surface area contributed by atoms with Crippen molar-refractivity contribution < 1.29 is 14.3 Å². The van der Waals surface area contributed by atoms with Crippen molar-refractivity contribution in [2.24, 2.45) is 0 Å². The zero-order valence-electron chi connectivity index (χ0n) is 18.4. The summed E-state index contributed by atoms with van der Waals surface area (Å²) in [5, 5.41) is 11.9. The van der Waals surface area contributed by atoms with E-state index in [0.29, 0.717) is 45.4 Å². The standard InChI is InChI=1S/C25H21N5O3/c1-15-28-29-25-24(26-18-10-12-21(32-2)22(14-18)33-3)27-19-11-9-17(13-20(19)30(15)25)23(31)16-7-5-4-6-8-16/h4-14H,1-3H3,(H,26,27). The summed E-state index contributed by atoms with van der Waals surface area (Å²) >= 11 is 0. The molecular weight excluding hydrogens is 418 g/mol. The molecule has 0 aliphatic heterocycles. The van der Waals surface area contributed by atoms with Gasteiger partial charge in [-0.1, -0.05) is 30.3 Å². The molecule has 164 valence electrons. The van der Waals surface area contributed by atoms with Crippen LogP contribution in [0.15, 0.2) is 66.7 Å². The van der Waals surface area contributed by atoms with Gasteiger partial charge in [-0.2, -0.15) is 0 Å². The smallest absolute Gasteiger partial charge is 0.204 e. The van der Waals surface area contributed by atoms with E-state index in [1.807, 2.05) is 59.9 Å². The second-order valence-electron chi connectivity index (χ2n) is 7.46. The van der Waals surface area contributed by atoms with E-state index >= 15 is 0 Å². The van der Waals surface area contributed by atoms with Gasteiger partial charge in [0.05, 0.1) is 25.3 Å². The van der Waals surface area contributed by atoms with Crippen LogP contribution in [0.4, 0.5) is 11.5 Å². The molecule has 0 spiro atoms. The lowest BCUT2D eigenvalue weighted by atomic mass is 10.0. The summed E-state index contributed by atoms with van der Waals surface area (Å²) in [4.78, 5) is 17.7. The van der Waals surface area contributed by atoms with Crippen molar-refractivity contribution in [3.8, 4) is 11.5 Å². The molecule has 0 bridgehead atoms. The number of nitrogens with one attached hydrogen (secondary N) is 1. The van der Waals surface area contributed by atoms with Crippen LogP contribution in [0.25, 0.3) is 16.7 Å². The first-order chi connectivity index (χ1) is 16.1. The molecule has 0 amide bonds. The quantitative estimate of drug-likeness (QED) is 0.387. The zero-order valence-corrected chi connectivity index (χ0v) is 18.4. The fourth-order valence-corrected chi connectivity index (χ4v) is 3.80. The Bertz CT molecular complexity index is 1500. The summed E-state index contributed by atoms with van der Waals surface area (Å²) in [5.41, 5.74) is 3.99. The van der Waals surface area contributed by atoms with E-state index in [2.05, 4.69) is 15.5 Å². The second-order valence-corrected chi connectivity index (χ2v) is 7.46. The Kier molecular flexibility index (Phi) is 5.10. The fourth-order valence-electron chi connectivity index (χ4n) is 3.80. The van der Waals surface area contributed by atoms with Crippen LogP contribution in [0, 0.1) is 6.92 Å². The molecule has 0 saturated heterocycles. The molecule has 3 aromatic carbocycles. The van der Waals surface area contributed by atoms with Crippen molar-refractivity contribution in [1.82, 2.24) is 19.6 Å². The Hall–Kier alpha value is -4.46. The van der Waals surface area contributed by atoms with Crippen molar-refractivity contribution in [3.05, 3.63) is 83.7 Å².